The van der Waals surface area contributed by atoms with Crippen LogP contribution < -0.4 is 4.90 Å². The number of anilines is 1. The topological polar surface area (TPSA) is 40.6 Å². The Labute approximate surface area is 146 Å². The Hall–Kier alpha value is -1.99. The van der Waals surface area contributed by atoms with E-state index in [4.69, 9.17) is 0 Å². The van der Waals surface area contributed by atoms with E-state index in [1.165, 1.54) is 10.4 Å². The van der Waals surface area contributed by atoms with Gasteiger partial charge < -0.3 is 4.90 Å². The van der Waals surface area contributed by atoms with Crippen molar-refractivity contribution in [1.29, 1.82) is 0 Å². The van der Waals surface area contributed by atoms with Gasteiger partial charge in [-0.3, -0.25) is 0 Å². The number of halogens is 2. The zero-order chi connectivity index (χ0) is 18.0. The summed E-state index contributed by atoms with van der Waals surface area (Å²) >= 11 is 0. The van der Waals surface area contributed by atoms with Crippen molar-refractivity contribution in [3.05, 3.63) is 59.7 Å². The third-order valence-electron chi connectivity index (χ3n) is 4.48. The molecule has 1 heterocycles. The second-order valence-corrected chi connectivity index (χ2v) is 7.92. The molecule has 0 bridgehead atoms. The average Bonchev–Trinajstić information content (AvgIpc) is 2.64. The van der Waals surface area contributed by atoms with Crippen molar-refractivity contribution in [2.45, 2.75) is 18.2 Å². The van der Waals surface area contributed by atoms with Gasteiger partial charge in [0.05, 0.1) is 4.90 Å². The van der Waals surface area contributed by atoms with Gasteiger partial charge in [0, 0.05) is 37.9 Å². The number of rotatable bonds is 4. The molecule has 0 aliphatic carbocycles. The maximum absolute atomic E-state index is 13.4. The largest absolute Gasteiger partial charge is 0.369 e. The van der Waals surface area contributed by atoms with Gasteiger partial charge in [-0.05, 0) is 36.2 Å². The second kappa shape index (κ2) is 7.09. The number of aryl methyl sites for hydroxylation is 1. The molecule has 0 spiro atoms. The lowest BCUT2D eigenvalue weighted by molar-refractivity contribution is 0.384. The number of piperazine rings is 1. The number of benzene rings is 2. The molecule has 1 fully saturated rings. The van der Waals surface area contributed by atoms with Crippen molar-refractivity contribution in [2.75, 3.05) is 31.1 Å². The van der Waals surface area contributed by atoms with E-state index < -0.39 is 21.7 Å². The Bertz CT molecular complexity index is 846. The van der Waals surface area contributed by atoms with Crippen molar-refractivity contribution in [3.8, 4) is 0 Å². The highest BCUT2D eigenvalue weighted by molar-refractivity contribution is 7.89. The summed E-state index contributed by atoms with van der Waals surface area (Å²) in [4.78, 5) is 2.14. The predicted molar refractivity (Wildman–Crippen MR) is 93.1 cm³/mol. The minimum Gasteiger partial charge on any atom is -0.369 e. The fourth-order valence-electron chi connectivity index (χ4n) is 2.91. The molecule has 0 aromatic heterocycles. The summed E-state index contributed by atoms with van der Waals surface area (Å²) in [5, 5.41) is 0. The first kappa shape index (κ1) is 17.8. The first-order valence-electron chi connectivity index (χ1n) is 8.21. The van der Waals surface area contributed by atoms with E-state index in [0.717, 1.165) is 24.1 Å². The Morgan fingerprint density at radius 3 is 2.12 bits per heavy atom. The summed E-state index contributed by atoms with van der Waals surface area (Å²) in [7, 11) is -3.53. The zero-order valence-electron chi connectivity index (χ0n) is 14.0. The molecule has 0 N–H and O–H groups in total. The molecule has 4 nitrogen and oxygen atoms in total. The minimum absolute atomic E-state index is 0.283. The molecular formula is C18H20F2N2O2S. The van der Waals surface area contributed by atoms with Crippen LogP contribution in [0.2, 0.25) is 0 Å². The summed E-state index contributed by atoms with van der Waals surface area (Å²) in [6.45, 7) is 3.48. The van der Waals surface area contributed by atoms with Gasteiger partial charge >= 0.3 is 0 Å². The van der Waals surface area contributed by atoms with Crippen molar-refractivity contribution in [2.24, 2.45) is 0 Å². The van der Waals surface area contributed by atoms with E-state index >= 15 is 0 Å². The highest BCUT2D eigenvalue weighted by Gasteiger charge is 2.28. The molecule has 0 saturated carbocycles. The Kier molecular flexibility index (Phi) is 5.06. The van der Waals surface area contributed by atoms with Crippen LogP contribution in [0.15, 0.2) is 47.4 Å². The van der Waals surface area contributed by atoms with Crippen LogP contribution in [0.3, 0.4) is 0 Å². The third-order valence-corrected chi connectivity index (χ3v) is 6.39. The Balaban J connectivity index is 1.71. The van der Waals surface area contributed by atoms with Gasteiger partial charge in [-0.15, -0.1) is 0 Å². The number of sulfonamides is 1. The van der Waals surface area contributed by atoms with E-state index in [9.17, 15) is 17.2 Å². The van der Waals surface area contributed by atoms with Crippen molar-refractivity contribution in [1.82, 2.24) is 4.31 Å². The zero-order valence-corrected chi connectivity index (χ0v) is 14.8. The highest BCUT2D eigenvalue weighted by Crippen LogP contribution is 2.23. The quantitative estimate of drug-likeness (QED) is 0.835. The van der Waals surface area contributed by atoms with Crippen LogP contribution in [0.5, 0.6) is 0 Å². The Morgan fingerprint density at radius 1 is 0.920 bits per heavy atom. The molecular weight excluding hydrogens is 346 g/mol. The molecule has 0 unspecified atom stereocenters. The number of nitrogens with zero attached hydrogens (tertiary/aromatic N) is 2. The molecule has 7 heteroatoms. The van der Waals surface area contributed by atoms with Crippen molar-refractivity contribution < 1.29 is 17.2 Å². The minimum atomic E-state index is -3.53. The Morgan fingerprint density at radius 2 is 1.56 bits per heavy atom. The summed E-state index contributed by atoms with van der Waals surface area (Å²) in [6.07, 6.45) is 0.854. The first-order chi connectivity index (χ1) is 11.9. The lowest BCUT2D eigenvalue weighted by atomic mass is 10.2. The summed E-state index contributed by atoms with van der Waals surface area (Å²) in [6, 6.07) is 10.7. The standard InChI is InChI=1S/C18H20F2N2O2S/c1-2-14-3-6-16(7-4-14)25(23,24)22-11-9-21(10-12-22)15-5-8-17(19)18(20)13-15/h3-8,13H,2,9-12H2,1H3. The van der Waals surface area contributed by atoms with E-state index in [0.29, 0.717) is 31.9 Å². The predicted octanol–water partition coefficient (Wildman–Crippen LogP) is 3.04. The summed E-state index contributed by atoms with van der Waals surface area (Å²) < 4.78 is 53.3. The van der Waals surface area contributed by atoms with Gasteiger partial charge in [0.25, 0.3) is 0 Å². The SMILES string of the molecule is CCc1ccc(S(=O)(=O)N2CCN(c3ccc(F)c(F)c3)CC2)cc1. The monoisotopic (exact) mass is 366 g/mol. The maximum atomic E-state index is 13.4. The van der Waals surface area contributed by atoms with Crippen LogP contribution in [0.25, 0.3) is 0 Å². The highest BCUT2D eigenvalue weighted by atomic mass is 32.2. The van der Waals surface area contributed by atoms with Crippen LogP contribution in [-0.4, -0.2) is 38.9 Å². The molecule has 1 saturated heterocycles. The second-order valence-electron chi connectivity index (χ2n) is 5.99. The maximum Gasteiger partial charge on any atom is 0.243 e. The molecule has 134 valence electrons. The molecule has 3 rings (SSSR count). The number of hydrogen-bond donors (Lipinski definition) is 0. The van der Waals surface area contributed by atoms with Crippen LogP contribution in [0, 0.1) is 11.6 Å². The average molecular weight is 366 g/mol. The van der Waals surface area contributed by atoms with Crippen LogP contribution in [0.1, 0.15) is 12.5 Å². The fourth-order valence-corrected chi connectivity index (χ4v) is 4.34. The van der Waals surface area contributed by atoms with Gasteiger partial charge in [0.15, 0.2) is 11.6 Å². The molecule has 2 aromatic carbocycles. The van der Waals surface area contributed by atoms with Crippen LogP contribution in [-0.2, 0) is 16.4 Å². The van der Waals surface area contributed by atoms with Gasteiger partial charge in [0.1, 0.15) is 0 Å². The van der Waals surface area contributed by atoms with Gasteiger partial charge in [0.2, 0.25) is 10.0 Å². The molecule has 0 amide bonds. The normalized spacial score (nSPS) is 16.2. The summed E-state index contributed by atoms with van der Waals surface area (Å²) in [5.41, 5.74) is 1.64. The molecule has 1 aliphatic rings. The lowest BCUT2D eigenvalue weighted by Crippen LogP contribution is -2.48. The fraction of sp³-hybridized carbons (Fsp3) is 0.333. The van der Waals surface area contributed by atoms with Crippen molar-refractivity contribution in [3.63, 3.8) is 0 Å². The summed E-state index contributed by atoms with van der Waals surface area (Å²) in [5.74, 6) is -1.79. The first-order valence-corrected chi connectivity index (χ1v) is 9.65. The van der Waals surface area contributed by atoms with E-state index in [-0.39, 0.29) is 4.90 Å². The number of hydrogen-bond acceptors (Lipinski definition) is 3. The lowest BCUT2D eigenvalue weighted by Gasteiger charge is -2.35. The van der Waals surface area contributed by atoms with Gasteiger partial charge in [-0.2, -0.15) is 4.31 Å². The van der Waals surface area contributed by atoms with Gasteiger partial charge in [-0.25, -0.2) is 17.2 Å². The third kappa shape index (κ3) is 3.67. The van der Waals surface area contributed by atoms with Crippen LogP contribution >= 0.6 is 0 Å². The molecule has 1 aliphatic heterocycles. The molecule has 0 radical (unpaired) electrons. The van der Waals surface area contributed by atoms with E-state index in [1.807, 2.05) is 24.0 Å². The molecule has 2 aromatic rings. The molecule has 0 atom stereocenters. The van der Waals surface area contributed by atoms with E-state index in [2.05, 4.69) is 0 Å². The molecule has 25 heavy (non-hydrogen) atoms. The van der Waals surface area contributed by atoms with Crippen LogP contribution in [0.4, 0.5) is 14.5 Å². The van der Waals surface area contributed by atoms with E-state index in [1.54, 1.807) is 12.1 Å². The van der Waals surface area contributed by atoms with Gasteiger partial charge in [-0.1, -0.05) is 19.1 Å². The smallest absolute Gasteiger partial charge is 0.243 e. The van der Waals surface area contributed by atoms with Crippen molar-refractivity contribution >= 4 is 15.7 Å².